The first-order chi connectivity index (χ1) is 28.6. The maximum Gasteiger partial charge on any atom is 0.353 e. The molecular weight excluding hydrogens is 830 g/mol. The predicted molar refractivity (Wildman–Crippen MR) is 208 cm³/mol. The van der Waals surface area contributed by atoms with Crippen LogP contribution in [0.4, 0.5) is 0 Å². The Balaban J connectivity index is 1.88. The molecular formula is C37H52ClN9O14. The van der Waals surface area contributed by atoms with E-state index in [-0.39, 0.29) is 87.3 Å². The summed E-state index contributed by atoms with van der Waals surface area (Å²) in [7, 11) is 0. The second-order valence-corrected chi connectivity index (χ2v) is 14.9. The number of phenols is 1. The molecule has 0 aliphatic carbocycles. The van der Waals surface area contributed by atoms with Crippen LogP contribution >= 0.6 is 11.6 Å². The number of fused-ring (bicyclic) bond motifs is 1. The Bertz CT molecular complexity index is 1870. The van der Waals surface area contributed by atoms with E-state index in [1.807, 2.05) is 0 Å². The zero-order valence-corrected chi connectivity index (χ0v) is 34.5. The van der Waals surface area contributed by atoms with E-state index in [2.05, 4.69) is 21.3 Å². The quantitative estimate of drug-likeness (QED) is 0.0376. The molecule has 336 valence electrons. The van der Waals surface area contributed by atoms with Crippen molar-refractivity contribution in [1.29, 1.82) is 0 Å². The summed E-state index contributed by atoms with van der Waals surface area (Å²) in [5, 5.41) is 60.3. The number of hydrogen-bond acceptors (Lipinski definition) is 14. The summed E-state index contributed by atoms with van der Waals surface area (Å²) >= 11 is 6.09. The number of amides is 8. The summed E-state index contributed by atoms with van der Waals surface area (Å²) in [6.07, 6.45) is -0.216. The van der Waals surface area contributed by atoms with Gasteiger partial charge in [0, 0.05) is 45.4 Å². The van der Waals surface area contributed by atoms with E-state index in [0.717, 1.165) is 25.7 Å². The lowest BCUT2D eigenvalue weighted by Crippen LogP contribution is -2.72. The number of aromatic hydroxyl groups is 1. The number of nitrogens with two attached hydrogens (primary N) is 1. The van der Waals surface area contributed by atoms with Crippen LogP contribution in [0, 0.1) is 0 Å². The number of aliphatic carboxylic acids is 1. The minimum absolute atomic E-state index is 0.0325. The average molecular weight is 882 g/mol. The first-order valence-corrected chi connectivity index (χ1v) is 19.6. The minimum atomic E-state index is -1.59. The van der Waals surface area contributed by atoms with Crippen molar-refractivity contribution in [3.05, 3.63) is 40.6 Å². The van der Waals surface area contributed by atoms with Gasteiger partial charge in [-0.15, -0.1) is 0 Å². The molecule has 24 heteroatoms. The van der Waals surface area contributed by atoms with Crippen LogP contribution in [0.1, 0.15) is 83.7 Å². The van der Waals surface area contributed by atoms with Crippen molar-refractivity contribution in [2.24, 2.45) is 5.73 Å². The van der Waals surface area contributed by atoms with Gasteiger partial charge in [-0.05, 0) is 69.1 Å². The smallest absolute Gasteiger partial charge is 0.353 e. The fraction of sp³-hybridized carbons (Fsp3) is 0.541. The minimum Gasteiger partial charge on any atom is -0.508 e. The van der Waals surface area contributed by atoms with Crippen LogP contribution < -0.4 is 27.0 Å². The number of carbonyl (C=O) groups is 9. The number of hydroxylamine groups is 6. The van der Waals surface area contributed by atoms with Gasteiger partial charge in [-0.3, -0.25) is 58.9 Å². The van der Waals surface area contributed by atoms with Crippen molar-refractivity contribution in [1.82, 2.24) is 41.4 Å². The number of hydrogen-bond donors (Lipinski definition) is 10. The van der Waals surface area contributed by atoms with E-state index in [0.29, 0.717) is 15.2 Å². The summed E-state index contributed by atoms with van der Waals surface area (Å²) in [6, 6.07) is -2.70. The van der Waals surface area contributed by atoms with Crippen LogP contribution in [-0.2, 0) is 43.2 Å². The van der Waals surface area contributed by atoms with Gasteiger partial charge in [-0.2, -0.15) is 0 Å². The molecule has 1 saturated heterocycles. The van der Waals surface area contributed by atoms with Crippen LogP contribution in [0.3, 0.4) is 0 Å². The molecule has 1 aromatic carbocycles. The highest BCUT2D eigenvalue weighted by molar-refractivity contribution is 6.32. The van der Waals surface area contributed by atoms with E-state index in [4.69, 9.17) is 17.3 Å². The maximum absolute atomic E-state index is 14.1. The molecule has 0 bridgehead atoms. The van der Waals surface area contributed by atoms with E-state index in [1.54, 1.807) is 0 Å². The number of rotatable bonds is 22. The van der Waals surface area contributed by atoms with Gasteiger partial charge in [0.05, 0.1) is 12.1 Å². The van der Waals surface area contributed by atoms with E-state index in [9.17, 15) is 69.0 Å². The second-order valence-electron chi connectivity index (χ2n) is 14.5. The average Bonchev–Trinajstić information content (AvgIpc) is 3.20. The number of carbonyl (C=O) groups excluding carboxylic acids is 8. The van der Waals surface area contributed by atoms with Crippen molar-refractivity contribution in [3.63, 3.8) is 0 Å². The molecule has 1 unspecified atom stereocenters. The Morgan fingerprint density at radius 2 is 1.21 bits per heavy atom. The van der Waals surface area contributed by atoms with Crippen molar-refractivity contribution < 1.29 is 69.0 Å². The number of carboxylic acids is 1. The zero-order valence-electron chi connectivity index (χ0n) is 33.7. The first-order valence-electron chi connectivity index (χ1n) is 19.3. The zero-order chi connectivity index (χ0) is 45.7. The molecule has 11 N–H and O–H groups in total. The molecule has 23 nitrogen and oxygen atoms in total. The van der Waals surface area contributed by atoms with Gasteiger partial charge in [0.2, 0.25) is 41.4 Å². The van der Waals surface area contributed by atoms with Gasteiger partial charge < -0.3 is 37.2 Å². The molecule has 0 spiro atoms. The molecule has 0 aromatic heterocycles. The number of allylic oxidation sites excluding steroid dienone is 1. The maximum atomic E-state index is 14.1. The van der Waals surface area contributed by atoms with Crippen LogP contribution in [0.5, 0.6) is 5.75 Å². The molecule has 0 saturated carbocycles. The van der Waals surface area contributed by atoms with Crippen LogP contribution in [0.2, 0.25) is 0 Å². The van der Waals surface area contributed by atoms with Crippen LogP contribution in [0.15, 0.2) is 35.0 Å². The van der Waals surface area contributed by atoms with Gasteiger partial charge in [-0.25, -0.2) is 20.0 Å². The number of nitrogens with one attached hydrogen (secondary N) is 4. The molecule has 1 fully saturated rings. The lowest BCUT2D eigenvalue weighted by molar-refractivity contribution is -0.163. The summed E-state index contributed by atoms with van der Waals surface area (Å²) in [5.74, 6) is -8.16. The van der Waals surface area contributed by atoms with Gasteiger partial charge in [0.1, 0.15) is 35.6 Å². The monoisotopic (exact) mass is 881 g/mol. The van der Waals surface area contributed by atoms with Crippen LogP contribution in [0.25, 0.3) is 0 Å². The van der Waals surface area contributed by atoms with Crippen LogP contribution in [-0.4, -0.2) is 149 Å². The first kappa shape index (κ1) is 49.5. The molecule has 8 amide bonds. The number of nitrogens with zero attached hydrogens (tertiary/aromatic N) is 4. The number of carboxylic acid groups (broad SMARTS) is 1. The molecule has 61 heavy (non-hydrogen) atoms. The Morgan fingerprint density at radius 3 is 1.69 bits per heavy atom. The third-order valence-electron chi connectivity index (χ3n) is 9.96. The standard InChI is InChI=1S/C37H52ClN9O14/c1-19(48)44(59)16-4-7-25(39)32(52)40-26(8-5-17-45(60)20(2)49)33(53)41-27(9-6-18-46(61)21(3)50)34(54)42-29(22-10-12-23(51)13-11-22)35(55)43-30-28-15-14-24(38)31(37(57)58)47(28)36(30)56/h10-13,25-30,51,59-61H,4-9,14-18,39H2,1-3H3,(H,40,52)(H,41,53)(H,42,54)(H,43,55)(H,57,58)/t25-,26-,27-,28+,29+,30?/m0/s1. The molecule has 6 atom stereocenters. The van der Waals surface area contributed by atoms with Gasteiger partial charge in [-0.1, -0.05) is 23.7 Å². The Kier molecular flexibility index (Phi) is 18.4. The van der Waals surface area contributed by atoms with E-state index >= 15 is 0 Å². The van der Waals surface area contributed by atoms with Gasteiger partial charge >= 0.3 is 5.97 Å². The molecule has 2 heterocycles. The summed E-state index contributed by atoms with van der Waals surface area (Å²) in [5.41, 5.74) is 5.73. The second kappa shape index (κ2) is 22.6. The Morgan fingerprint density at radius 1 is 0.754 bits per heavy atom. The molecule has 0 radical (unpaired) electrons. The van der Waals surface area contributed by atoms with Gasteiger partial charge in [0.15, 0.2) is 0 Å². The summed E-state index contributed by atoms with van der Waals surface area (Å²) in [4.78, 5) is 116. The fourth-order valence-corrected chi connectivity index (χ4v) is 6.79. The SMILES string of the molecule is CC(=O)N(O)CCC[C@H](NC(=O)[C@H](CCCN(O)C(C)=O)NC(=O)[C@@H](N)CCCN(O)C(C)=O)C(=O)N[C@@H](C(=O)NC1C(=O)N2C(C(=O)O)=C(Cl)CC[C@H]12)c1ccc(O)cc1. The third kappa shape index (κ3) is 13.8. The molecule has 2 aliphatic heterocycles. The highest BCUT2D eigenvalue weighted by Crippen LogP contribution is 2.38. The lowest BCUT2D eigenvalue weighted by atomic mass is 9.86. The van der Waals surface area contributed by atoms with Crippen molar-refractivity contribution >= 4 is 64.8 Å². The van der Waals surface area contributed by atoms with Crippen molar-refractivity contribution in [2.75, 3.05) is 19.6 Å². The Labute approximate surface area is 354 Å². The Hall–Kier alpha value is -5.88. The predicted octanol–water partition coefficient (Wildman–Crippen LogP) is -1.08. The molecule has 1 aromatic rings. The number of β-lactam (4-membered cyclic amide) rings is 1. The summed E-state index contributed by atoms with van der Waals surface area (Å²) in [6.45, 7) is 2.61. The van der Waals surface area contributed by atoms with E-state index < -0.39 is 95.2 Å². The highest BCUT2D eigenvalue weighted by atomic mass is 35.5. The fourth-order valence-electron chi connectivity index (χ4n) is 6.51. The van der Waals surface area contributed by atoms with Gasteiger partial charge in [0.25, 0.3) is 5.91 Å². The number of phenolic OH excluding ortho intramolecular Hbond substituents is 1. The largest absolute Gasteiger partial charge is 0.508 e. The third-order valence-corrected chi connectivity index (χ3v) is 10.3. The van der Waals surface area contributed by atoms with Crippen molar-refractivity contribution in [2.45, 2.75) is 108 Å². The number of halogens is 1. The topological polar surface area (TPSA) is 342 Å². The van der Waals surface area contributed by atoms with Crippen molar-refractivity contribution in [3.8, 4) is 5.75 Å². The van der Waals surface area contributed by atoms with E-state index in [1.165, 1.54) is 24.3 Å². The summed E-state index contributed by atoms with van der Waals surface area (Å²) < 4.78 is 0. The molecule has 2 aliphatic rings. The lowest BCUT2D eigenvalue weighted by Gasteiger charge is -2.49. The molecule has 3 rings (SSSR count). The number of benzene rings is 1. The normalized spacial score (nSPS) is 17.6. The highest BCUT2D eigenvalue weighted by Gasteiger charge is 2.53.